The molecule has 3 fully saturated rings. The third-order valence-electron chi connectivity index (χ3n) is 5.60. The first-order valence-electron chi connectivity index (χ1n) is 9.14. The smallest absolute Gasteiger partial charge is 0.251 e. The number of piperidine rings is 1. The molecule has 4 rings (SSSR count). The van der Waals surface area contributed by atoms with Gasteiger partial charge in [-0.15, -0.1) is 0 Å². The molecule has 1 amide bonds. The number of carbonyl (C=O) groups is 1. The maximum atomic E-state index is 12.6. The van der Waals surface area contributed by atoms with E-state index in [4.69, 9.17) is 0 Å². The van der Waals surface area contributed by atoms with Crippen LogP contribution in [0.15, 0.2) is 24.3 Å². The Bertz CT molecular complexity index is 555. The van der Waals surface area contributed by atoms with Crippen LogP contribution in [0.25, 0.3) is 0 Å². The SMILES string of the molecule is O=C(NC1CC2CCC(C1)N2)c1cccc(CN2CCCC2)c1. The zero-order valence-electron chi connectivity index (χ0n) is 13.8. The second kappa shape index (κ2) is 6.62. The fraction of sp³-hybridized carbons (Fsp3) is 0.632. The lowest BCUT2D eigenvalue weighted by Crippen LogP contribution is -2.48. The summed E-state index contributed by atoms with van der Waals surface area (Å²) in [6.45, 7) is 3.35. The van der Waals surface area contributed by atoms with Crippen LogP contribution < -0.4 is 10.6 Å². The quantitative estimate of drug-likeness (QED) is 0.896. The number of benzene rings is 1. The van der Waals surface area contributed by atoms with Crippen LogP contribution in [0, 0.1) is 0 Å². The Morgan fingerprint density at radius 1 is 1.17 bits per heavy atom. The second-order valence-electron chi connectivity index (χ2n) is 7.46. The standard InChI is InChI=1S/C19H27N3O/c23-19(21-18-11-16-6-7-17(12-18)20-16)15-5-3-4-14(10-15)13-22-8-1-2-9-22/h3-5,10,16-18,20H,1-2,6-9,11-13H2,(H,21,23). The van der Waals surface area contributed by atoms with E-state index in [-0.39, 0.29) is 5.91 Å². The summed E-state index contributed by atoms with van der Waals surface area (Å²) < 4.78 is 0. The van der Waals surface area contributed by atoms with E-state index in [0.717, 1.165) is 24.9 Å². The highest BCUT2D eigenvalue weighted by Crippen LogP contribution is 2.27. The topological polar surface area (TPSA) is 44.4 Å². The minimum atomic E-state index is 0.0968. The predicted octanol–water partition coefficient (Wildman–Crippen LogP) is 2.30. The van der Waals surface area contributed by atoms with Crippen molar-refractivity contribution < 1.29 is 4.79 Å². The fourth-order valence-electron chi connectivity index (χ4n) is 4.45. The Hall–Kier alpha value is -1.39. The lowest BCUT2D eigenvalue weighted by atomic mass is 9.99. The predicted molar refractivity (Wildman–Crippen MR) is 91.4 cm³/mol. The molecule has 124 valence electrons. The van der Waals surface area contributed by atoms with Crippen LogP contribution in [0.4, 0.5) is 0 Å². The van der Waals surface area contributed by atoms with Gasteiger partial charge in [-0.3, -0.25) is 9.69 Å². The van der Waals surface area contributed by atoms with E-state index >= 15 is 0 Å². The average Bonchev–Trinajstić information content (AvgIpc) is 3.17. The number of hydrogen-bond donors (Lipinski definition) is 2. The van der Waals surface area contributed by atoms with Crippen molar-refractivity contribution in [2.75, 3.05) is 13.1 Å². The molecule has 2 atom stereocenters. The van der Waals surface area contributed by atoms with Crippen molar-refractivity contribution >= 4 is 5.91 Å². The Balaban J connectivity index is 1.37. The number of rotatable bonds is 4. The van der Waals surface area contributed by atoms with Crippen LogP contribution in [-0.4, -0.2) is 42.0 Å². The minimum Gasteiger partial charge on any atom is -0.349 e. The first-order chi connectivity index (χ1) is 11.3. The molecule has 23 heavy (non-hydrogen) atoms. The molecular formula is C19H27N3O. The van der Waals surface area contributed by atoms with Crippen molar-refractivity contribution in [1.29, 1.82) is 0 Å². The number of nitrogens with one attached hydrogen (secondary N) is 2. The molecule has 3 saturated heterocycles. The van der Waals surface area contributed by atoms with E-state index in [9.17, 15) is 4.79 Å². The summed E-state index contributed by atoms with van der Waals surface area (Å²) in [5.41, 5.74) is 2.07. The van der Waals surface area contributed by atoms with Gasteiger partial charge in [0.2, 0.25) is 0 Å². The molecule has 0 aromatic heterocycles. The van der Waals surface area contributed by atoms with Gasteiger partial charge >= 0.3 is 0 Å². The summed E-state index contributed by atoms with van der Waals surface area (Å²) in [5, 5.41) is 6.89. The molecule has 2 N–H and O–H groups in total. The maximum absolute atomic E-state index is 12.6. The van der Waals surface area contributed by atoms with Gasteiger partial charge < -0.3 is 10.6 Å². The maximum Gasteiger partial charge on any atom is 0.251 e. The number of amides is 1. The molecule has 2 bridgehead atoms. The van der Waals surface area contributed by atoms with Gasteiger partial charge in [-0.1, -0.05) is 12.1 Å². The first kappa shape index (κ1) is 15.2. The third kappa shape index (κ3) is 3.59. The second-order valence-corrected chi connectivity index (χ2v) is 7.46. The molecule has 4 heteroatoms. The summed E-state index contributed by atoms with van der Waals surface area (Å²) in [4.78, 5) is 15.1. The summed E-state index contributed by atoms with van der Waals surface area (Å²) in [6, 6.07) is 9.73. The molecule has 3 aliphatic heterocycles. The normalized spacial score (nSPS) is 30.5. The molecule has 3 heterocycles. The number of hydrogen-bond acceptors (Lipinski definition) is 3. The highest BCUT2D eigenvalue weighted by molar-refractivity contribution is 5.94. The molecule has 0 spiro atoms. The van der Waals surface area contributed by atoms with E-state index in [1.165, 1.54) is 44.3 Å². The van der Waals surface area contributed by atoms with E-state index in [1.807, 2.05) is 12.1 Å². The summed E-state index contributed by atoms with van der Waals surface area (Å²) in [5.74, 6) is 0.0968. The summed E-state index contributed by atoms with van der Waals surface area (Å²) in [6.07, 6.45) is 7.30. The van der Waals surface area contributed by atoms with E-state index in [0.29, 0.717) is 18.1 Å². The number of likely N-dealkylation sites (tertiary alicyclic amines) is 1. The van der Waals surface area contributed by atoms with Gasteiger partial charge in [0, 0.05) is 30.2 Å². The van der Waals surface area contributed by atoms with Gasteiger partial charge in [0.05, 0.1) is 0 Å². The molecule has 3 aliphatic rings. The number of carbonyl (C=O) groups excluding carboxylic acids is 1. The van der Waals surface area contributed by atoms with Crippen LogP contribution in [0.5, 0.6) is 0 Å². The minimum absolute atomic E-state index is 0.0968. The van der Waals surface area contributed by atoms with Crippen molar-refractivity contribution in [2.24, 2.45) is 0 Å². The zero-order valence-corrected chi connectivity index (χ0v) is 13.8. The van der Waals surface area contributed by atoms with Crippen molar-refractivity contribution in [1.82, 2.24) is 15.5 Å². The summed E-state index contributed by atoms with van der Waals surface area (Å²) >= 11 is 0. The molecule has 1 aromatic rings. The van der Waals surface area contributed by atoms with Gasteiger partial charge in [-0.25, -0.2) is 0 Å². The first-order valence-corrected chi connectivity index (χ1v) is 9.14. The molecular weight excluding hydrogens is 286 g/mol. The molecule has 0 radical (unpaired) electrons. The van der Waals surface area contributed by atoms with E-state index in [2.05, 4.69) is 27.7 Å². The molecule has 4 nitrogen and oxygen atoms in total. The molecule has 1 aromatic carbocycles. The van der Waals surface area contributed by atoms with E-state index in [1.54, 1.807) is 0 Å². The number of nitrogens with zero attached hydrogens (tertiary/aromatic N) is 1. The van der Waals surface area contributed by atoms with Crippen LogP contribution in [-0.2, 0) is 6.54 Å². The Morgan fingerprint density at radius 2 is 1.91 bits per heavy atom. The molecule has 2 unspecified atom stereocenters. The van der Waals surface area contributed by atoms with Crippen molar-refractivity contribution in [3.8, 4) is 0 Å². The van der Waals surface area contributed by atoms with Crippen LogP contribution >= 0.6 is 0 Å². The van der Waals surface area contributed by atoms with Gasteiger partial charge in [0.15, 0.2) is 0 Å². The summed E-state index contributed by atoms with van der Waals surface area (Å²) in [7, 11) is 0. The van der Waals surface area contributed by atoms with Crippen molar-refractivity contribution in [3.05, 3.63) is 35.4 Å². The highest BCUT2D eigenvalue weighted by Gasteiger charge is 2.34. The monoisotopic (exact) mass is 313 g/mol. The fourth-order valence-corrected chi connectivity index (χ4v) is 4.45. The van der Waals surface area contributed by atoms with Crippen molar-refractivity contribution in [2.45, 2.75) is 63.2 Å². The molecule has 0 aliphatic carbocycles. The Labute approximate surface area is 138 Å². The van der Waals surface area contributed by atoms with Gasteiger partial charge in [-0.2, -0.15) is 0 Å². The van der Waals surface area contributed by atoms with E-state index < -0.39 is 0 Å². The largest absolute Gasteiger partial charge is 0.349 e. The van der Waals surface area contributed by atoms with Crippen molar-refractivity contribution in [3.63, 3.8) is 0 Å². The van der Waals surface area contributed by atoms with Gasteiger partial charge in [0.25, 0.3) is 5.91 Å². The Kier molecular flexibility index (Phi) is 4.36. The Morgan fingerprint density at radius 3 is 2.65 bits per heavy atom. The average molecular weight is 313 g/mol. The van der Waals surface area contributed by atoms with Crippen LogP contribution in [0.2, 0.25) is 0 Å². The number of fused-ring (bicyclic) bond motifs is 2. The van der Waals surface area contributed by atoms with Crippen LogP contribution in [0.3, 0.4) is 0 Å². The van der Waals surface area contributed by atoms with Gasteiger partial charge in [0.1, 0.15) is 0 Å². The zero-order chi connectivity index (χ0) is 15.6. The van der Waals surface area contributed by atoms with Gasteiger partial charge in [-0.05, 0) is 69.3 Å². The van der Waals surface area contributed by atoms with Crippen LogP contribution in [0.1, 0.15) is 54.4 Å². The highest BCUT2D eigenvalue weighted by atomic mass is 16.1. The lowest BCUT2D eigenvalue weighted by molar-refractivity contribution is 0.0924. The molecule has 0 saturated carbocycles. The third-order valence-corrected chi connectivity index (χ3v) is 5.60. The lowest BCUT2D eigenvalue weighted by Gasteiger charge is -2.29.